The highest BCUT2D eigenvalue weighted by Crippen LogP contribution is 2.69. The van der Waals surface area contributed by atoms with Crippen molar-refractivity contribution in [3.63, 3.8) is 0 Å². The first-order chi connectivity index (χ1) is 12.3. The lowest BCUT2D eigenvalue weighted by atomic mass is 10.2. The van der Waals surface area contributed by atoms with Gasteiger partial charge in [0.25, 0.3) is 4.80 Å². The molecule has 1 heterocycles. The van der Waals surface area contributed by atoms with Gasteiger partial charge < -0.3 is 9.26 Å². The molecule has 0 amide bonds. The van der Waals surface area contributed by atoms with E-state index in [0.29, 0.717) is 17.3 Å². The van der Waals surface area contributed by atoms with E-state index in [0.717, 1.165) is 0 Å². The fourth-order valence-corrected chi connectivity index (χ4v) is 6.05. The number of carbonyl (C=O) groups excluding carboxylic acids is 2. The number of rotatable bonds is 4. The van der Waals surface area contributed by atoms with E-state index in [1.807, 2.05) is 0 Å². The van der Waals surface area contributed by atoms with E-state index in [2.05, 4.69) is 0 Å². The number of halogens is 3. The van der Waals surface area contributed by atoms with Crippen molar-refractivity contribution in [1.82, 2.24) is 0 Å². The first-order valence-corrected chi connectivity index (χ1v) is 10.3. The summed E-state index contributed by atoms with van der Waals surface area (Å²) in [4.78, 5) is 23.0. The molecule has 2 atom stereocenters. The maximum Gasteiger partial charge on any atom is 0.340 e. The largest absolute Gasteiger partial charge is 0.436 e. The molecule has 8 heteroatoms. The molecule has 0 aromatic heterocycles. The maximum atomic E-state index is 12.4. The molecule has 1 aliphatic heterocycles. The summed E-state index contributed by atoms with van der Waals surface area (Å²) in [7, 11) is -1.76. The summed E-state index contributed by atoms with van der Waals surface area (Å²) < 4.78 is 9.43. The summed E-state index contributed by atoms with van der Waals surface area (Å²) in [5, 5.41) is 0. The van der Waals surface area contributed by atoms with Gasteiger partial charge in [0.2, 0.25) is 0 Å². The highest BCUT2D eigenvalue weighted by Gasteiger charge is 2.64. The molecule has 26 heavy (non-hydrogen) atoms. The van der Waals surface area contributed by atoms with Gasteiger partial charge in [-0.15, -0.1) is 0 Å². The predicted octanol–water partition coefficient (Wildman–Crippen LogP) is 5.57. The maximum absolute atomic E-state index is 12.4. The molecule has 0 spiro atoms. The van der Waals surface area contributed by atoms with Gasteiger partial charge in [0.15, 0.2) is 12.5 Å². The molecule has 0 N–H and O–H groups in total. The molecule has 1 fully saturated rings. The lowest BCUT2D eigenvalue weighted by molar-refractivity contribution is 0.0334. The average Bonchev–Trinajstić information content (AvgIpc) is 2.86. The quantitative estimate of drug-likeness (QED) is 0.361. The number of carbonyl (C=O) groups is 2. The molecule has 2 unspecified atom stereocenters. The van der Waals surface area contributed by atoms with Gasteiger partial charge in [0, 0.05) is 6.16 Å². The Labute approximate surface area is 167 Å². The molecule has 1 aliphatic rings. The fourth-order valence-electron chi connectivity index (χ4n) is 2.44. The highest BCUT2D eigenvalue weighted by atomic mass is 35.5. The molecule has 2 aromatic rings. The van der Waals surface area contributed by atoms with Gasteiger partial charge in [-0.05, 0) is 30.7 Å². The van der Waals surface area contributed by atoms with Gasteiger partial charge >= 0.3 is 11.9 Å². The second-order valence-electron chi connectivity index (χ2n) is 5.62. The number of esters is 1. The Kier molecular flexibility index (Phi) is 5.78. The normalized spacial score (nSPS) is 24.0. The standard InChI is InChI=1S/C18H14Cl3O4P/c19-17(20)11-12-26(25-16(23)14-9-5-2-6-10-14)18(17,21)24-15(22)13-7-3-1-4-8-13/h1-10H,11-12H2. The first kappa shape index (κ1) is 19.4. The molecule has 2 aromatic carbocycles. The van der Waals surface area contributed by atoms with Crippen molar-refractivity contribution in [2.75, 3.05) is 6.16 Å². The summed E-state index contributed by atoms with van der Waals surface area (Å²) in [6.07, 6.45) is 0.557. The van der Waals surface area contributed by atoms with E-state index in [4.69, 9.17) is 44.1 Å². The van der Waals surface area contributed by atoms with E-state index < -0.39 is 29.2 Å². The summed E-state index contributed by atoms with van der Waals surface area (Å²) in [6.45, 7) is 0. The third-order valence-corrected chi connectivity index (χ3v) is 8.30. The number of hydrogen-bond acceptors (Lipinski definition) is 4. The Morgan fingerprint density at radius 2 is 1.35 bits per heavy atom. The van der Waals surface area contributed by atoms with E-state index in [-0.39, 0.29) is 6.42 Å². The Morgan fingerprint density at radius 3 is 1.88 bits per heavy atom. The van der Waals surface area contributed by atoms with Crippen LogP contribution in [0.4, 0.5) is 0 Å². The van der Waals surface area contributed by atoms with Gasteiger partial charge in [0.05, 0.1) is 11.1 Å². The lowest BCUT2D eigenvalue weighted by Gasteiger charge is -2.34. The zero-order chi connectivity index (χ0) is 18.8. The van der Waals surface area contributed by atoms with Crippen molar-refractivity contribution in [2.45, 2.75) is 15.6 Å². The van der Waals surface area contributed by atoms with Crippen LogP contribution in [0.1, 0.15) is 27.1 Å². The second-order valence-corrected chi connectivity index (χ2v) is 9.91. The Balaban J connectivity index is 1.81. The van der Waals surface area contributed by atoms with Crippen LogP contribution in [-0.4, -0.2) is 27.2 Å². The molecule has 0 radical (unpaired) electrons. The van der Waals surface area contributed by atoms with Crippen LogP contribution in [0.25, 0.3) is 0 Å². The molecule has 136 valence electrons. The van der Waals surface area contributed by atoms with Crippen LogP contribution in [0.5, 0.6) is 0 Å². The molecule has 0 aliphatic carbocycles. The van der Waals surface area contributed by atoms with Gasteiger partial charge in [-0.3, -0.25) is 0 Å². The zero-order valence-corrected chi connectivity index (χ0v) is 16.6. The van der Waals surface area contributed by atoms with E-state index in [1.165, 1.54) is 0 Å². The Morgan fingerprint density at radius 1 is 0.846 bits per heavy atom. The lowest BCUT2D eigenvalue weighted by Crippen LogP contribution is -2.40. The van der Waals surface area contributed by atoms with Gasteiger partial charge in [0.1, 0.15) is 0 Å². The number of hydrogen-bond donors (Lipinski definition) is 0. The molecule has 1 saturated heterocycles. The SMILES string of the molecule is O=C(OP1CCC(Cl)(Cl)C1(Cl)OC(=O)c1ccccc1)c1ccccc1. The number of benzene rings is 2. The van der Waals surface area contributed by atoms with Crippen LogP contribution >= 0.6 is 43.0 Å². The van der Waals surface area contributed by atoms with E-state index >= 15 is 0 Å². The third-order valence-electron chi connectivity index (χ3n) is 3.84. The van der Waals surface area contributed by atoms with Crippen molar-refractivity contribution >= 4 is 54.9 Å². The monoisotopic (exact) mass is 430 g/mol. The van der Waals surface area contributed by atoms with Gasteiger partial charge in [-0.2, -0.15) is 0 Å². The minimum Gasteiger partial charge on any atom is -0.436 e. The minimum absolute atomic E-state index is 0.232. The molecule has 4 nitrogen and oxygen atoms in total. The van der Waals surface area contributed by atoms with Gasteiger partial charge in [-0.25, -0.2) is 9.59 Å². The number of ether oxygens (including phenoxy) is 1. The van der Waals surface area contributed by atoms with Gasteiger partial charge in [-0.1, -0.05) is 71.2 Å². The molecular formula is C18H14Cl3O4P. The first-order valence-electron chi connectivity index (χ1n) is 7.73. The third kappa shape index (κ3) is 3.84. The smallest absolute Gasteiger partial charge is 0.340 e. The molecule has 0 bridgehead atoms. The van der Waals surface area contributed by atoms with Crippen LogP contribution in [-0.2, 0) is 9.26 Å². The molecule has 0 saturated carbocycles. The summed E-state index contributed by atoms with van der Waals surface area (Å²) >= 11 is 19.2. The number of alkyl halides is 3. The van der Waals surface area contributed by atoms with Crippen LogP contribution in [0.3, 0.4) is 0 Å². The summed E-state index contributed by atoms with van der Waals surface area (Å²) in [5.41, 5.74) is 0.665. The molecule has 3 rings (SSSR count). The average molecular weight is 432 g/mol. The van der Waals surface area contributed by atoms with Crippen LogP contribution < -0.4 is 0 Å². The van der Waals surface area contributed by atoms with Crippen molar-refractivity contribution in [1.29, 1.82) is 0 Å². The fraction of sp³-hybridized carbons (Fsp3) is 0.222. The van der Waals surface area contributed by atoms with Crippen LogP contribution in [0, 0.1) is 0 Å². The highest BCUT2D eigenvalue weighted by molar-refractivity contribution is 7.57. The summed E-state index contributed by atoms with van der Waals surface area (Å²) in [5.74, 6) is -1.25. The second kappa shape index (κ2) is 7.74. The van der Waals surface area contributed by atoms with Crippen molar-refractivity contribution in [3.05, 3.63) is 71.8 Å². The van der Waals surface area contributed by atoms with Crippen LogP contribution in [0.15, 0.2) is 60.7 Å². The van der Waals surface area contributed by atoms with Crippen molar-refractivity contribution in [3.8, 4) is 0 Å². The Hall–Kier alpha value is -1.32. The Bertz CT molecular complexity index is 801. The minimum atomic E-state index is -1.83. The van der Waals surface area contributed by atoms with Crippen molar-refractivity contribution < 1.29 is 18.8 Å². The topological polar surface area (TPSA) is 52.6 Å². The van der Waals surface area contributed by atoms with E-state index in [9.17, 15) is 9.59 Å². The van der Waals surface area contributed by atoms with E-state index in [1.54, 1.807) is 60.7 Å². The zero-order valence-electron chi connectivity index (χ0n) is 13.4. The van der Waals surface area contributed by atoms with Crippen LogP contribution in [0.2, 0.25) is 0 Å². The van der Waals surface area contributed by atoms with Crippen molar-refractivity contribution in [2.24, 2.45) is 0 Å². The summed E-state index contributed by atoms with van der Waals surface area (Å²) in [6, 6.07) is 16.8. The molecular weight excluding hydrogens is 418 g/mol. The predicted molar refractivity (Wildman–Crippen MR) is 103 cm³/mol.